The molecule has 3 rings (SSSR count). The highest BCUT2D eigenvalue weighted by Gasteiger charge is 2.08. The monoisotopic (exact) mass is 281 g/mol. The molecule has 0 radical (unpaired) electrons. The van der Waals surface area contributed by atoms with Crippen LogP contribution in [0.15, 0.2) is 67.0 Å². The van der Waals surface area contributed by atoms with E-state index in [0.29, 0.717) is 5.75 Å². The molecule has 1 aromatic heterocycles. The average molecular weight is 281 g/mol. The quantitative estimate of drug-likeness (QED) is 0.780. The molecule has 5 nitrogen and oxygen atoms in total. The van der Waals surface area contributed by atoms with Crippen molar-refractivity contribution in [3.8, 4) is 11.4 Å². The van der Waals surface area contributed by atoms with E-state index in [1.54, 1.807) is 17.1 Å². The summed E-state index contributed by atoms with van der Waals surface area (Å²) < 4.78 is 7.30. The third-order valence-corrected chi connectivity index (χ3v) is 3.10. The van der Waals surface area contributed by atoms with Gasteiger partial charge in [0.2, 0.25) is 0 Å². The van der Waals surface area contributed by atoms with Gasteiger partial charge in [0.25, 0.3) is 0 Å². The maximum absolute atomic E-state index is 10.1. The van der Waals surface area contributed by atoms with Crippen LogP contribution >= 0.6 is 0 Å². The van der Waals surface area contributed by atoms with Crippen LogP contribution in [0.1, 0.15) is 11.7 Å². The minimum absolute atomic E-state index is 0.199. The normalized spacial score (nSPS) is 12.0. The van der Waals surface area contributed by atoms with Crippen LogP contribution in [0.3, 0.4) is 0 Å². The predicted octanol–water partition coefficient (Wildman–Crippen LogP) is 2.38. The molecule has 0 amide bonds. The second-order valence-electron chi connectivity index (χ2n) is 4.58. The van der Waals surface area contributed by atoms with Crippen molar-refractivity contribution in [2.24, 2.45) is 0 Å². The first-order valence-corrected chi connectivity index (χ1v) is 6.65. The van der Waals surface area contributed by atoms with E-state index < -0.39 is 6.10 Å². The predicted molar refractivity (Wildman–Crippen MR) is 78.3 cm³/mol. The third kappa shape index (κ3) is 3.27. The highest BCUT2D eigenvalue weighted by molar-refractivity contribution is 5.38. The molecule has 0 fully saturated rings. The number of nitrogens with zero attached hydrogens (tertiary/aromatic N) is 3. The molecule has 106 valence electrons. The largest absolute Gasteiger partial charge is 0.490 e. The van der Waals surface area contributed by atoms with Crippen LogP contribution in [0.4, 0.5) is 0 Å². The zero-order valence-electron chi connectivity index (χ0n) is 11.3. The van der Waals surface area contributed by atoms with Gasteiger partial charge in [-0.25, -0.2) is 4.68 Å². The topological polar surface area (TPSA) is 60.2 Å². The fourth-order valence-corrected chi connectivity index (χ4v) is 2.01. The first-order chi connectivity index (χ1) is 10.3. The molecule has 1 N–H and O–H groups in total. The lowest BCUT2D eigenvalue weighted by atomic mass is 10.1. The van der Waals surface area contributed by atoms with E-state index in [2.05, 4.69) is 10.3 Å². The van der Waals surface area contributed by atoms with Crippen LogP contribution in [-0.4, -0.2) is 26.7 Å². The molecule has 0 aliphatic rings. The van der Waals surface area contributed by atoms with Crippen LogP contribution in [0.2, 0.25) is 0 Å². The van der Waals surface area contributed by atoms with Crippen LogP contribution < -0.4 is 4.74 Å². The number of benzene rings is 2. The molecule has 0 bridgehead atoms. The zero-order chi connectivity index (χ0) is 14.5. The summed E-state index contributed by atoms with van der Waals surface area (Å²) in [7, 11) is 0. The van der Waals surface area contributed by atoms with E-state index in [4.69, 9.17) is 4.74 Å². The summed E-state index contributed by atoms with van der Waals surface area (Å²) in [6.45, 7) is 0.199. The van der Waals surface area contributed by atoms with Gasteiger partial charge in [-0.3, -0.25) is 0 Å². The molecular weight excluding hydrogens is 266 g/mol. The van der Waals surface area contributed by atoms with Gasteiger partial charge < -0.3 is 9.84 Å². The summed E-state index contributed by atoms with van der Waals surface area (Å²) >= 11 is 0. The van der Waals surface area contributed by atoms with E-state index in [0.717, 1.165) is 11.3 Å². The lowest BCUT2D eigenvalue weighted by Gasteiger charge is -2.13. The van der Waals surface area contributed by atoms with Gasteiger partial charge in [0.05, 0.1) is 18.1 Å². The molecule has 2 aromatic carbocycles. The fraction of sp³-hybridized carbons (Fsp3) is 0.125. The third-order valence-electron chi connectivity index (χ3n) is 3.10. The van der Waals surface area contributed by atoms with Crippen molar-refractivity contribution in [3.05, 3.63) is 72.6 Å². The summed E-state index contributed by atoms with van der Waals surface area (Å²) in [5, 5.41) is 17.8. The van der Waals surface area contributed by atoms with Gasteiger partial charge in [-0.05, 0) is 17.7 Å². The molecule has 5 heteroatoms. The SMILES string of the molecule is O[C@H](COc1cccc(-n2ccnn2)c1)c1ccccc1. The van der Waals surface area contributed by atoms with E-state index in [9.17, 15) is 5.11 Å². The van der Waals surface area contributed by atoms with Crippen LogP contribution in [0.5, 0.6) is 5.75 Å². The minimum atomic E-state index is -0.652. The summed E-state index contributed by atoms with van der Waals surface area (Å²) in [5.41, 5.74) is 1.70. The van der Waals surface area contributed by atoms with Gasteiger partial charge >= 0.3 is 0 Å². The van der Waals surface area contributed by atoms with Gasteiger partial charge in [0.15, 0.2) is 0 Å². The van der Waals surface area contributed by atoms with Crippen molar-refractivity contribution < 1.29 is 9.84 Å². The number of ether oxygens (including phenoxy) is 1. The van der Waals surface area contributed by atoms with E-state index in [1.807, 2.05) is 54.6 Å². The lowest BCUT2D eigenvalue weighted by molar-refractivity contribution is 0.108. The van der Waals surface area contributed by atoms with Crippen molar-refractivity contribution >= 4 is 0 Å². The van der Waals surface area contributed by atoms with Crippen LogP contribution in [0, 0.1) is 0 Å². The van der Waals surface area contributed by atoms with Gasteiger partial charge in [-0.2, -0.15) is 0 Å². The molecule has 0 aliphatic heterocycles. The maximum atomic E-state index is 10.1. The number of aromatic nitrogens is 3. The molecule has 0 aliphatic carbocycles. The number of aliphatic hydroxyl groups is 1. The Kier molecular flexibility index (Phi) is 3.93. The Hall–Kier alpha value is -2.66. The summed E-state index contributed by atoms with van der Waals surface area (Å²) in [6, 6.07) is 16.9. The second kappa shape index (κ2) is 6.19. The van der Waals surface area contributed by atoms with Crippen LogP contribution in [0.25, 0.3) is 5.69 Å². The first kappa shape index (κ1) is 13.3. The van der Waals surface area contributed by atoms with E-state index >= 15 is 0 Å². The van der Waals surface area contributed by atoms with E-state index in [1.165, 1.54) is 0 Å². The molecular formula is C16H15N3O2. The number of aliphatic hydroxyl groups excluding tert-OH is 1. The van der Waals surface area contributed by atoms with Crippen molar-refractivity contribution in [3.63, 3.8) is 0 Å². The second-order valence-corrected chi connectivity index (χ2v) is 4.58. The highest BCUT2D eigenvalue weighted by Crippen LogP contribution is 2.19. The van der Waals surface area contributed by atoms with Crippen molar-refractivity contribution in [2.75, 3.05) is 6.61 Å². The van der Waals surface area contributed by atoms with Gasteiger partial charge in [-0.15, -0.1) is 5.10 Å². The molecule has 1 heterocycles. The Morgan fingerprint density at radius 1 is 1.10 bits per heavy atom. The Bertz CT molecular complexity index is 684. The van der Waals surface area contributed by atoms with Crippen LogP contribution in [-0.2, 0) is 0 Å². The smallest absolute Gasteiger partial charge is 0.121 e. The number of hydrogen-bond acceptors (Lipinski definition) is 4. The van der Waals surface area contributed by atoms with Gasteiger partial charge in [-0.1, -0.05) is 41.6 Å². The fourth-order valence-electron chi connectivity index (χ4n) is 2.01. The summed E-state index contributed by atoms with van der Waals surface area (Å²) in [5.74, 6) is 0.679. The highest BCUT2D eigenvalue weighted by atomic mass is 16.5. The molecule has 0 saturated heterocycles. The molecule has 0 unspecified atom stereocenters. The Balaban J connectivity index is 1.67. The average Bonchev–Trinajstić information content (AvgIpc) is 3.08. The van der Waals surface area contributed by atoms with Gasteiger partial charge in [0.1, 0.15) is 18.5 Å². The molecule has 3 aromatic rings. The molecule has 21 heavy (non-hydrogen) atoms. The van der Waals surface area contributed by atoms with Gasteiger partial charge in [0, 0.05) is 6.07 Å². The van der Waals surface area contributed by atoms with E-state index in [-0.39, 0.29) is 6.61 Å². The van der Waals surface area contributed by atoms with Crippen molar-refractivity contribution in [1.29, 1.82) is 0 Å². The zero-order valence-corrected chi connectivity index (χ0v) is 11.3. The minimum Gasteiger partial charge on any atom is -0.490 e. The number of hydrogen-bond donors (Lipinski definition) is 1. The van der Waals surface area contributed by atoms with Crippen molar-refractivity contribution in [1.82, 2.24) is 15.0 Å². The first-order valence-electron chi connectivity index (χ1n) is 6.65. The maximum Gasteiger partial charge on any atom is 0.121 e. The summed E-state index contributed by atoms with van der Waals surface area (Å²) in [4.78, 5) is 0. The number of rotatable bonds is 5. The Morgan fingerprint density at radius 2 is 1.95 bits per heavy atom. The Labute approximate surface area is 122 Å². The van der Waals surface area contributed by atoms with Crippen molar-refractivity contribution in [2.45, 2.75) is 6.10 Å². The Morgan fingerprint density at radius 3 is 2.71 bits per heavy atom. The molecule has 0 spiro atoms. The molecule has 0 saturated carbocycles. The molecule has 1 atom stereocenters. The standard InChI is InChI=1S/C16H15N3O2/c20-16(13-5-2-1-3-6-13)12-21-15-8-4-7-14(11-15)19-10-9-17-18-19/h1-11,16,20H,12H2/t16-/m1/s1. The summed E-state index contributed by atoms with van der Waals surface area (Å²) in [6.07, 6.45) is 2.73. The lowest BCUT2D eigenvalue weighted by Crippen LogP contribution is -2.09.